The first-order valence-corrected chi connectivity index (χ1v) is 4.58. The molecule has 1 aliphatic carbocycles. The summed E-state index contributed by atoms with van der Waals surface area (Å²) in [4.78, 5) is 0. The van der Waals surface area contributed by atoms with Gasteiger partial charge in [0.2, 0.25) is 0 Å². The van der Waals surface area contributed by atoms with Gasteiger partial charge in [0.25, 0.3) is 0 Å². The van der Waals surface area contributed by atoms with E-state index in [-0.39, 0.29) is 0 Å². The number of hydrogen-bond acceptors (Lipinski definition) is 2. The maximum atomic E-state index is 5.78. The van der Waals surface area contributed by atoms with Crippen LogP contribution in [0.5, 0.6) is 0 Å². The first kappa shape index (κ1) is 7.65. The quantitative estimate of drug-likeness (QED) is 0.690. The molecular formula is C9H15N3. The van der Waals surface area contributed by atoms with Gasteiger partial charge in [-0.1, -0.05) is 13.3 Å². The van der Waals surface area contributed by atoms with E-state index in [1.807, 2.05) is 10.7 Å². The standard InChI is InChI=1S/C9H15N3/c1-7-3-2-4-8(7)12-9(10)5-6-11-12/h5-8H,2-4,10H2,1H3. The lowest BCUT2D eigenvalue weighted by Gasteiger charge is -2.16. The van der Waals surface area contributed by atoms with Crippen LogP contribution < -0.4 is 5.73 Å². The Hall–Kier alpha value is -0.990. The Kier molecular flexibility index (Phi) is 1.79. The Balaban J connectivity index is 2.24. The molecule has 12 heavy (non-hydrogen) atoms. The number of aromatic nitrogens is 2. The van der Waals surface area contributed by atoms with Crippen LogP contribution in [0.2, 0.25) is 0 Å². The Morgan fingerprint density at radius 2 is 2.42 bits per heavy atom. The highest BCUT2D eigenvalue weighted by atomic mass is 15.3. The molecule has 2 N–H and O–H groups in total. The predicted octanol–water partition coefficient (Wildman–Crippen LogP) is 1.83. The van der Waals surface area contributed by atoms with E-state index in [2.05, 4.69) is 12.0 Å². The highest BCUT2D eigenvalue weighted by molar-refractivity contribution is 5.26. The van der Waals surface area contributed by atoms with Gasteiger partial charge in [0.1, 0.15) is 5.82 Å². The summed E-state index contributed by atoms with van der Waals surface area (Å²) in [6.45, 7) is 2.28. The van der Waals surface area contributed by atoms with Crippen molar-refractivity contribution >= 4 is 5.82 Å². The minimum atomic E-state index is 0.542. The highest BCUT2D eigenvalue weighted by Crippen LogP contribution is 2.35. The summed E-state index contributed by atoms with van der Waals surface area (Å²) < 4.78 is 1.97. The second-order valence-electron chi connectivity index (χ2n) is 3.68. The lowest BCUT2D eigenvalue weighted by atomic mass is 10.1. The van der Waals surface area contributed by atoms with Crippen molar-refractivity contribution in [1.29, 1.82) is 0 Å². The van der Waals surface area contributed by atoms with Crippen molar-refractivity contribution < 1.29 is 0 Å². The molecule has 2 rings (SSSR count). The van der Waals surface area contributed by atoms with Crippen LogP contribution in [0, 0.1) is 5.92 Å². The summed E-state index contributed by atoms with van der Waals surface area (Å²) in [6.07, 6.45) is 5.63. The summed E-state index contributed by atoms with van der Waals surface area (Å²) in [6, 6.07) is 2.41. The van der Waals surface area contributed by atoms with Crippen LogP contribution in [0.15, 0.2) is 12.3 Å². The second kappa shape index (κ2) is 2.81. The molecule has 3 nitrogen and oxygen atoms in total. The molecule has 2 atom stereocenters. The van der Waals surface area contributed by atoms with Gasteiger partial charge >= 0.3 is 0 Å². The van der Waals surface area contributed by atoms with Crippen LogP contribution in [0.1, 0.15) is 32.2 Å². The van der Waals surface area contributed by atoms with Crippen molar-refractivity contribution in [2.45, 2.75) is 32.2 Å². The van der Waals surface area contributed by atoms with Gasteiger partial charge in [-0.2, -0.15) is 5.10 Å². The summed E-state index contributed by atoms with van der Waals surface area (Å²) >= 11 is 0. The third kappa shape index (κ3) is 1.09. The van der Waals surface area contributed by atoms with Crippen LogP contribution in [-0.4, -0.2) is 9.78 Å². The van der Waals surface area contributed by atoms with Crippen LogP contribution in [0.4, 0.5) is 5.82 Å². The molecule has 1 saturated carbocycles. The number of nitrogens with zero attached hydrogens (tertiary/aromatic N) is 2. The normalized spacial score (nSPS) is 29.4. The van der Waals surface area contributed by atoms with Gasteiger partial charge in [0, 0.05) is 0 Å². The van der Waals surface area contributed by atoms with Crippen molar-refractivity contribution in [2.24, 2.45) is 5.92 Å². The van der Waals surface area contributed by atoms with Crippen molar-refractivity contribution in [3.63, 3.8) is 0 Å². The zero-order valence-electron chi connectivity index (χ0n) is 7.40. The summed E-state index contributed by atoms with van der Waals surface area (Å²) in [5.74, 6) is 1.53. The van der Waals surface area contributed by atoms with Gasteiger partial charge in [-0.3, -0.25) is 0 Å². The monoisotopic (exact) mass is 165 g/mol. The SMILES string of the molecule is CC1CCCC1n1nccc1N. The van der Waals surface area contributed by atoms with E-state index in [1.54, 1.807) is 6.20 Å². The average Bonchev–Trinajstić information content (AvgIpc) is 2.59. The number of hydrogen-bond donors (Lipinski definition) is 1. The Labute approximate surface area is 72.6 Å². The van der Waals surface area contributed by atoms with Crippen molar-refractivity contribution in [1.82, 2.24) is 9.78 Å². The van der Waals surface area contributed by atoms with E-state index in [0.29, 0.717) is 6.04 Å². The van der Waals surface area contributed by atoms with Crippen LogP contribution in [0.3, 0.4) is 0 Å². The molecular weight excluding hydrogens is 150 g/mol. The molecule has 66 valence electrons. The molecule has 0 radical (unpaired) electrons. The lowest BCUT2D eigenvalue weighted by Crippen LogP contribution is -2.15. The molecule has 3 heteroatoms. The first-order valence-electron chi connectivity index (χ1n) is 4.58. The summed E-state index contributed by atoms with van der Waals surface area (Å²) in [5, 5.41) is 4.24. The van der Waals surface area contributed by atoms with Gasteiger partial charge in [-0.25, -0.2) is 4.68 Å². The Morgan fingerprint density at radius 3 is 2.92 bits per heavy atom. The minimum Gasteiger partial charge on any atom is -0.384 e. The summed E-state index contributed by atoms with van der Waals surface area (Å²) in [7, 11) is 0. The van der Waals surface area contributed by atoms with E-state index in [9.17, 15) is 0 Å². The maximum Gasteiger partial charge on any atom is 0.121 e. The molecule has 1 fully saturated rings. The smallest absolute Gasteiger partial charge is 0.121 e. The van der Waals surface area contributed by atoms with Gasteiger partial charge in [-0.05, 0) is 24.8 Å². The van der Waals surface area contributed by atoms with Crippen molar-refractivity contribution in [3.05, 3.63) is 12.3 Å². The van der Waals surface area contributed by atoms with Gasteiger partial charge in [0.15, 0.2) is 0 Å². The molecule has 1 aromatic rings. The second-order valence-corrected chi connectivity index (χ2v) is 3.68. The van der Waals surface area contributed by atoms with Gasteiger partial charge in [-0.15, -0.1) is 0 Å². The molecule has 0 amide bonds. The molecule has 0 spiro atoms. The zero-order chi connectivity index (χ0) is 8.55. The zero-order valence-corrected chi connectivity index (χ0v) is 7.40. The fourth-order valence-corrected chi connectivity index (χ4v) is 2.09. The third-order valence-electron chi connectivity index (χ3n) is 2.83. The fourth-order valence-electron chi connectivity index (χ4n) is 2.09. The molecule has 0 bridgehead atoms. The number of nitrogen functional groups attached to an aromatic ring is 1. The van der Waals surface area contributed by atoms with Crippen LogP contribution in [0.25, 0.3) is 0 Å². The maximum absolute atomic E-state index is 5.78. The molecule has 1 aromatic heterocycles. The molecule has 2 unspecified atom stereocenters. The third-order valence-corrected chi connectivity index (χ3v) is 2.83. The van der Waals surface area contributed by atoms with E-state index in [4.69, 9.17) is 5.73 Å². The van der Waals surface area contributed by atoms with Gasteiger partial charge in [0.05, 0.1) is 12.2 Å². The number of rotatable bonds is 1. The molecule has 0 aromatic carbocycles. The van der Waals surface area contributed by atoms with E-state index >= 15 is 0 Å². The molecule has 1 aliphatic rings. The van der Waals surface area contributed by atoms with E-state index in [0.717, 1.165) is 11.7 Å². The fraction of sp³-hybridized carbons (Fsp3) is 0.667. The van der Waals surface area contributed by atoms with Crippen molar-refractivity contribution in [3.8, 4) is 0 Å². The van der Waals surface area contributed by atoms with Crippen LogP contribution in [-0.2, 0) is 0 Å². The average molecular weight is 165 g/mol. The largest absolute Gasteiger partial charge is 0.384 e. The Bertz CT molecular complexity index is 266. The molecule has 0 aliphatic heterocycles. The summed E-state index contributed by atoms with van der Waals surface area (Å²) in [5.41, 5.74) is 5.78. The minimum absolute atomic E-state index is 0.542. The molecule has 0 saturated heterocycles. The highest BCUT2D eigenvalue weighted by Gasteiger charge is 2.26. The number of nitrogens with two attached hydrogens (primary N) is 1. The topological polar surface area (TPSA) is 43.8 Å². The predicted molar refractivity (Wildman–Crippen MR) is 48.7 cm³/mol. The van der Waals surface area contributed by atoms with Crippen molar-refractivity contribution in [2.75, 3.05) is 5.73 Å². The first-order chi connectivity index (χ1) is 5.79. The van der Waals surface area contributed by atoms with Crippen LogP contribution >= 0.6 is 0 Å². The Morgan fingerprint density at radius 1 is 1.58 bits per heavy atom. The van der Waals surface area contributed by atoms with Gasteiger partial charge < -0.3 is 5.73 Å². The molecule has 1 heterocycles. The number of anilines is 1. The van der Waals surface area contributed by atoms with E-state index in [1.165, 1.54) is 19.3 Å². The van der Waals surface area contributed by atoms with E-state index < -0.39 is 0 Å². The lowest BCUT2D eigenvalue weighted by molar-refractivity contribution is 0.379.